The Balaban J connectivity index is 2.14. The molecule has 0 saturated heterocycles. The van der Waals surface area contributed by atoms with Gasteiger partial charge in [0, 0.05) is 23.0 Å². The van der Waals surface area contributed by atoms with Crippen LogP contribution >= 0.6 is 23.2 Å². The first-order valence-electron chi connectivity index (χ1n) is 6.59. The predicted molar refractivity (Wildman–Crippen MR) is 81.9 cm³/mol. The van der Waals surface area contributed by atoms with Crippen molar-refractivity contribution >= 4 is 23.2 Å². The molecule has 2 aromatic rings. The van der Waals surface area contributed by atoms with E-state index in [2.05, 4.69) is 15.5 Å². The molecule has 0 bridgehead atoms. The van der Waals surface area contributed by atoms with E-state index in [0.717, 1.165) is 5.56 Å². The van der Waals surface area contributed by atoms with E-state index in [1.165, 1.54) is 0 Å². The topological polar surface area (TPSA) is 60.2 Å². The lowest BCUT2D eigenvalue weighted by molar-refractivity contribution is 0.281. The minimum absolute atomic E-state index is 0.185. The Morgan fingerprint density at radius 1 is 1.33 bits per heavy atom. The van der Waals surface area contributed by atoms with Crippen molar-refractivity contribution in [3.63, 3.8) is 0 Å². The quantitative estimate of drug-likeness (QED) is 0.873. The van der Waals surface area contributed by atoms with Crippen molar-refractivity contribution in [1.82, 2.24) is 15.5 Å². The van der Waals surface area contributed by atoms with Gasteiger partial charge in [0.25, 0.3) is 0 Å². The maximum absolute atomic E-state index is 6.19. The van der Waals surface area contributed by atoms with Gasteiger partial charge in [-0.3, -0.25) is 0 Å². The van der Waals surface area contributed by atoms with Gasteiger partial charge in [-0.2, -0.15) is 4.98 Å². The number of hydrogen-bond acceptors (Lipinski definition) is 5. The highest BCUT2D eigenvalue weighted by Gasteiger charge is 2.14. The van der Waals surface area contributed by atoms with E-state index in [1.807, 2.05) is 27.0 Å². The fraction of sp³-hybridized carbons (Fsp3) is 0.429. The molecule has 7 heteroatoms. The first-order chi connectivity index (χ1) is 10.0. The molecule has 1 heterocycles. The molecule has 0 spiro atoms. The molecule has 1 aromatic heterocycles. The van der Waals surface area contributed by atoms with E-state index in [1.54, 1.807) is 6.07 Å². The highest BCUT2D eigenvalue weighted by atomic mass is 35.5. The summed E-state index contributed by atoms with van der Waals surface area (Å²) in [6, 6.07) is 3.46. The van der Waals surface area contributed by atoms with Crippen LogP contribution in [-0.2, 0) is 13.2 Å². The van der Waals surface area contributed by atoms with Crippen molar-refractivity contribution in [2.45, 2.75) is 32.9 Å². The molecule has 1 aromatic carbocycles. The van der Waals surface area contributed by atoms with E-state index in [9.17, 15) is 0 Å². The predicted octanol–water partition coefficient (Wildman–Crippen LogP) is 3.80. The van der Waals surface area contributed by atoms with Crippen molar-refractivity contribution in [2.24, 2.45) is 0 Å². The molecule has 2 rings (SSSR count). The van der Waals surface area contributed by atoms with Crippen LogP contribution in [0.4, 0.5) is 0 Å². The van der Waals surface area contributed by atoms with Gasteiger partial charge in [-0.25, -0.2) is 0 Å². The monoisotopic (exact) mass is 329 g/mol. The second-order valence-corrected chi connectivity index (χ2v) is 5.74. The van der Waals surface area contributed by atoms with Crippen LogP contribution in [0.15, 0.2) is 16.7 Å². The number of rotatable bonds is 6. The summed E-state index contributed by atoms with van der Waals surface area (Å²) < 4.78 is 10.9. The molecule has 0 aliphatic rings. The number of benzene rings is 1. The summed E-state index contributed by atoms with van der Waals surface area (Å²) in [6.07, 6.45) is 0. The molecule has 21 heavy (non-hydrogen) atoms. The average Bonchev–Trinajstić information content (AvgIpc) is 2.87. The van der Waals surface area contributed by atoms with Gasteiger partial charge < -0.3 is 14.6 Å². The highest BCUT2D eigenvalue weighted by molar-refractivity contribution is 6.35. The maximum Gasteiger partial charge on any atom is 0.229 e. The first kappa shape index (κ1) is 16.1. The zero-order valence-electron chi connectivity index (χ0n) is 12.1. The van der Waals surface area contributed by atoms with Crippen molar-refractivity contribution in [3.8, 4) is 5.75 Å². The van der Waals surface area contributed by atoms with Gasteiger partial charge in [-0.15, -0.1) is 0 Å². The zero-order chi connectivity index (χ0) is 15.4. The molecule has 114 valence electrons. The molecule has 0 atom stereocenters. The number of nitrogens with zero attached hydrogens (tertiary/aromatic N) is 2. The molecule has 0 radical (unpaired) electrons. The van der Waals surface area contributed by atoms with E-state index >= 15 is 0 Å². The van der Waals surface area contributed by atoms with Crippen LogP contribution in [0.3, 0.4) is 0 Å². The zero-order valence-corrected chi connectivity index (χ0v) is 13.6. The SMILES string of the molecule is CNCc1cc(Cl)cc(Cl)c1OCc1noc(C(C)C)n1. The van der Waals surface area contributed by atoms with E-state index in [0.29, 0.717) is 34.1 Å². The molecule has 1 N–H and O–H groups in total. The molecule has 0 aliphatic carbocycles. The third-order valence-corrected chi connectivity index (χ3v) is 3.27. The number of aromatic nitrogens is 2. The number of halogens is 2. The summed E-state index contributed by atoms with van der Waals surface area (Å²) in [5.74, 6) is 1.84. The number of ether oxygens (including phenoxy) is 1. The van der Waals surface area contributed by atoms with E-state index in [4.69, 9.17) is 32.5 Å². The van der Waals surface area contributed by atoms with Gasteiger partial charge in [-0.1, -0.05) is 42.2 Å². The minimum atomic E-state index is 0.185. The smallest absolute Gasteiger partial charge is 0.229 e. The van der Waals surface area contributed by atoms with Crippen LogP contribution < -0.4 is 10.1 Å². The van der Waals surface area contributed by atoms with Gasteiger partial charge in [0.2, 0.25) is 11.7 Å². The fourth-order valence-electron chi connectivity index (χ4n) is 1.79. The maximum atomic E-state index is 6.19. The average molecular weight is 330 g/mol. The number of hydrogen-bond donors (Lipinski definition) is 1. The van der Waals surface area contributed by atoms with Crippen molar-refractivity contribution < 1.29 is 9.26 Å². The third kappa shape index (κ3) is 4.09. The highest BCUT2D eigenvalue weighted by Crippen LogP contribution is 2.33. The van der Waals surface area contributed by atoms with Gasteiger partial charge in [0.15, 0.2) is 6.61 Å². The molecule has 0 unspecified atom stereocenters. The summed E-state index contributed by atoms with van der Waals surface area (Å²) >= 11 is 12.2. The van der Waals surface area contributed by atoms with E-state index < -0.39 is 0 Å². The van der Waals surface area contributed by atoms with E-state index in [-0.39, 0.29) is 12.5 Å². The Morgan fingerprint density at radius 3 is 2.71 bits per heavy atom. The Morgan fingerprint density at radius 2 is 2.10 bits per heavy atom. The van der Waals surface area contributed by atoms with Crippen LogP contribution in [0.1, 0.15) is 37.0 Å². The van der Waals surface area contributed by atoms with Crippen LogP contribution in [0.25, 0.3) is 0 Å². The second-order valence-electron chi connectivity index (χ2n) is 4.90. The Kier molecular flexibility index (Phi) is 5.45. The summed E-state index contributed by atoms with van der Waals surface area (Å²) in [5.41, 5.74) is 0.877. The Hall–Kier alpha value is -1.30. The fourth-order valence-corrected chi connectivity index (χ4v) is 2.38. The van der Waals surface area contributed by atoms with Crippen LogP contribution in [0, 0.1) is 0 Å². The Bertz CT molecular complexity index is 614. The Labute approximate surface area is 133 Å². The summed E-state index contributed by atoms with van der Waals surface area (Å²) in [7, 11) is 1.84. The standard InChI is InChI=1S/C14H17Cl2N3O2/c1-8(2)14-18-12(19-21-14)7-20-13-9(6-17-3)4-10(15)5-11(13)16/h4-5,8,17H,6-7H2,1-3H3. The van der Waals surface area contributed by atoms with Crippen LogP contribution in [0.5, 0.6) is 5.75 Å². The van der Waals surface area contributed by atoms with Gasteiger partial charge in [0.1, 0.15) is 5.75 Å². The molecule has 0 aliphatic heterocycles. The molecular weight excluding hydrogens is 313 g/mol. The van der Waals surface area contributed by atoms with Gasteiger partial charge in [-0.05, 0) is 19.2 Å². The normalized spacial score (nSPS) is 11.1. The van der Waals surface area contributed by atoms with Crippen molar-refractivity contribution in [1.29, 1.82) is 0 Å². The molecular formula is C14H17Cl2N3O2. The first-order valence-corrected chi connectivity index (χ1v) is 7.34. The minimum Gasteiger partial charge on any atom is -0.484 e. The lowest BCUT2D eigenvalue weighted by atomic mass is 10.2. The summed E-state index contributed by atoms with van der Waals surface area (Å²) in [4.78, 5) is 4.26. The summed E-state index contributed by atoms with van der Waals surface area (Å²) in [5, 5.41) is 7.96. The van der Waals surface area contributed by atoms with Crippen LogP contribution in [-0.4, -0.2) is 17.2 Å². The third-order valence-electron chi connectivity index (χ3n) is 2.78. The van der Waals surface area contributed by atoms with Crippen molar-refractivity contribution in [2.75, 3.05) is 7.05 Å². The summed E-state index contributed by atoms with van der Waals surface area (Å²) in [6.45, 7) is 4.76. The molecule has 0 amide bonds. The molecule has 5 nitrogen and oxygen atoms in total. The van der Waals surface area contributed by atoms with Crippen molar-refractivity contribution in [3.05, 3.63) is 39.5 Å². The lowest BCUT2D eigenvalue weighted by Gasteiger charge is -2.12. The van der Waals surface area contributed by atoms with Crippen LogP contribution in [0.2, 0.25) is 10.0 Å². The largest absolute Gasteiger partial charge is 0.484 e. The second kappa shape index (κ2) is 7.11. The lowest BCUT2D eigenvalue weighted by Crippen LogP contribution is -2.08. The molecule has 0 fully saturated rings. The van der Waals surface area contributed by atoms with Gasteiger partial charge in [0.05, 0.1) is 5.02 Å². The number of nitrogens with one attached hydrogen (secondary N) is 1. The van der Waals surface area contributed by atoms with Gasteiger partial charge >= 0.3 is 0 Å². The molecule has 0 saturated carbocycles.